The van der Waals surface area contributed by atoms with Crippen LogP contribution in [0.5, 0.6) is 0 Å². The van der Waals surface area contributed by atoms with Gasteiger partial charge in [-0.25, -0.2) is 0 Å². The summed E-state index contributed by atoms with van der Waals surface area (Å²) in [4.78, 5) is 2.35. The molecule has 0 aromatic carbocycles. The van der Waals surface area contributed by atoms with Crippen LogP contribution < -0.4 is 0 Å². The molecule has 13 heavy (non-hydrogen) atoms. The number of rotatable bonds is 3. The lowest BCUT2D eigenvalue weighted by molar-refractivity contribution is 0.241. The molecule has 1 saturated carbocycles. The van der Waals surface area contributed by atoms with E-state index in [0.29, 0.717) is 0 Å². The van der Waals surface area contributed by atoms with E-state index in [1.807, 2.05) is 0 Å². The van der Waals surface area contributed by atoms with Gasteiger partial charge in [-0.3, -0.25) is 4.90 Å². The van der Waals surface area contributed by atoms with Crippen molar-refractivity contribution in [1.29, 1.82) is 0 Å². The molecular weight excluding hydrogens is 182 g/mol. The molecule has 1 aliphatic carbocycles. The quantitative estimate of drug-likeness (QED) is 0.633. The van der Waals surface area contributed by atoms with Crippen LogP contribution in [-0.4, -0.2) is 24.5 Å². The number of hydrogen-bond acceptors (Lipinski definition) is 1. The lowest BCUT2D eigenvalue weighted by Gasteiger charge is -2.26. The van der Waals surface area contributed by atoms with Gasteiger partial charge in [-0.1, -0.05) is 43.9 Å². The fraction of sp³-hybridized carbons (Fsp3) is 0.818. The van der Waals surface area contributed by atoms with E-state index in [-0.39, 0.29) is 0 Å². The molecule has 0 unspecified atom stereocenters. The summed E-state index contributed by atoms with van der Waals surface area (Å²) >= 11 is 5.80. The zero-order valence-corrected chi connectivity index (χ0v) is 9.32. The molecule has 0 atom stereocenters. The molecule has 1 fully saturated rings. The van der Waals surface area contributed by atoms with Crippen molar-refractivity contribution in [3.63, 3.8) is 0 Å². The highest BCUT2D eigenvalue weighted by atomic mass is 35.5. The van der Waals surface area contributed by atoms with E-state index < -0.39 is 0 Å². The average Bonchev–Trinajstić information content (AvgIpc) is 2.29. The van der Waals surface area contributed by atoms with Gasteiger partial charge < -0.3 is 0 Å². The molecular formula is C11H20ClN. The van der Waals surface area contributed by atoms with Crippen LogP contribution in [0, 0.1) is 0 Å². The Bertz CT molecular complexity index is 159. The molecule has 0 N–H and O–H groups in total. The van der Waals surface area contributed by atoms with Gasteiger partial charge in [0.2, 0.25) is 0 Å². The minimum atomic E-state index is 0.734. The average molecular weight is 202 g/mol. The van der Waals surface area contributed by atoms with Crippen LogP contribution in [-0.2, 0) is 0 Å². The van der Waals surface area contributed by atoms with Gasteiger partial charge >= 0.3 is 0 Å². The Kier molecular flexibility index (Phi) is 4.82. The van der Waals surface area contributed by atoms with Crippen LogP contribution in [0.1, 0.15) is 38.5 Å². The van der Waals surface area contributed by atoms with Gasteiger partial charge in [-0.05, 0) is 19.9 Å². The molecule has 76 valence electrons. The summed E-state index contributed by atoms with van der Waals surface area (Å²) in [6, 6.07) is 0.734. The van der Waals surface area contributed by atoms with E-state index in [9.17, 15) is 0 Å². The first-order valence-corrected chi connectivity index (χ1v) is 5.61. The molecule has 1 rings (SSSR count). The fourth-order valence-electron chi connectivity index (χ4n) is 2.10. The summed E-state index contributed by atoms with van der Waals surface area (Å²) in [5, 5.41) is 0.756. The van der Waals surface area contributed by atoms with Crippen molar-refractivity contribution in [3.8, 4) is 0 Å². The van der Waals surface area contributed by atoms with Crippen LogP contribution in [0.15, 0.2) is 11.6 Å². The van der Waals surface area contributed by atoms with Crippen molar-refractivity contribution < 1.29 is 0 Å². The Labute approximate surface area is 86.8 Å². The highest BCUT2D eigenvalue weighted by Crippen LogP contribution is 2.21. The summed E-state index contributed by atoms with van der Waals surface area (Å²) in [7, 11) is 2.16. The molecule has 0 saturated heterocycles. The number of halogens is 1. The van der Waals surface area contributed by atoms with Gasteiger partial charge in [0, 0.05) is 17.6 Å². The highest BCUT2D eigenvalue weighted by molar-refractivity contribution is 6.29. The van der Waals surface area contributed by atoms with Crippen molar-refractivity contribution in [2.45, 2.75) is 44.6 Å². The van der Waals surface area contributed by atoms with Crippen molar-refractivity contribution >= 4 is 11.6 Å². The summed E-state index contributed by atoms with van der Waals surface area (Å²) in [6.45, 7) is 4.58. The highest BCUT2D eigenvalue weighted by Gasteiger charge is 2.16. The second-order valence-electron chi connectivity index (χ2n) is 4.08. The normalized spacial score (nSPS) is 20.2. The first kappa shape index (κ1) is 11.1. The second-order valence-corrected chi connectivity index (χ2v) is 4.61. The minimum Gasteiger partial charge on any atom is -0.298 e. The van der Waals surface area contributed by atoms with Crippen molar-refractivity contribution in [2.75, 3.05) is 13.6 Å². The Balaban J connectivity index is 2.34. The zero-order chi connectivity index (χ0) is 9.68. The molecule has 1 nitrogen and oxygen atoms in total. The minimum absolute atomic E-state index is 0.734. The van der Waals surface area contributed by atoms with E-state index in [1.165, 1.54) is 38.5 Å². The summed E-state index contributed by atoms with van der Waals surface area (Å²) in [5.41, 5.74) is 0. The topological polar surface area (TPSA) is 3.24 Å². The third-order valence-corrected chi connectivity index (χ3v) is 2.99. The maximum absolute atomic E-state index is 5.80. The monoisotopic (exact) mass is 201 g/mol. The molecule has 1 aliphatic rings. The number of hydrogen-bond donors (Lipinski definition) is 0. The molecule has 0 aromatic rings. The van der Waals surface area contributed by atoms with E-state index in [0.717, 1.165) is 17.6 Å². The van der Waals surface area contributed by atoms with Crippen molar-refractivity contribution in [3.05, 3.63) is 11.6 Å². The van der Waals surface area contributed by atoms with Gasteiger partial charge in [-0.15, -0.1) is 0 Å². The molecule has 0 radical (unpaired) electrons. The van der Waals surface area contributed by atoms with Gasteiger partial charge in [0.15, 0.2) is 0 Å². The molecule has 2 heteroatoms. The van der Waals surface area contributed by atoms with Crippen LogP contribution >= 0.6 is 11.6 Å². The molecule has 0 bridgehead atoms. The molecule has 0 spiro atoms. The molecule has 0 amide bonds. The van der Waals surface area contributed by atoms with Crippen LogP contribution in [0.4, 0.5) is 0 Å². The smallest absolute Gasteiger partial charge is 0.0335 e. The maximum Gasteiger partial charge on any atom is 0.0335 e. The summed E-state index contributed by atoms with van der Waals surface area (Å²) in [5.74, 6) is 0. The molecule has 0 aliphatic heterocycles. The largest absolute Gasteiger partial charge is 0.298 e. The maximum atomic E-state index is 5.80. The van der Waals surface area contributed by atoms with Gasteiger partial charge in [0.05, 0.1) is 0 Å². The Morgan fingerprint density at radius 3 is 2.31 bits per heavy atom. The fourth-order valence-corrected chi connectivity index (χ4v) is 2.29. The Hall–Kier alpha value is -0.0100. The first-order chi connectivity index (χ1) is 6.20. The van der Waals surface area contributed by atoms with Crippen molar-refractivity contribution in [1.82, 2.24) is 4.90 Å². The van der Waals surface area contributed by atoms with E-state index in [2.05, 4.69) is 18.5 Å². The zero-order valence-electron chi connectivity index (χ0n) is 8.56. The third-order valence-electron chi connectivity index (χ3n) is 2.87. The van der Waals surface area contributed by atoms with Gasteiger partial charge in [0.25, 0.3) is 0 Å². The number of nitrogens with zero attached hydrogens (tertiary/aromatic N) is 1. The predicted octanol–water partition coefficient (Wildman–Crippen LogP) is 3.39. The van der Waals surface area contributed by atoms with Crippen LogP contribution in [0.2, 0.25) is 0 Å². The first-order valence-electron chi connectivity index (χ1n) is 5.23. The van der Waals surface area contributed by atoms with E-state index >= 15 is 0 Å². The predicted molar refractivity (Wildman–Crippen MR) is 59.1 cm³/mol. The molecule has 0 aromatic heterocycles. The second kappa shape index (κ2) is 5.66. The summed E-state index contributed by atoms with van der Waals surface area (Å²) < 4.78 is 0. The van der Waals surface area contributed by atoms with Crippen LogP contribution in [0.25, 0.3) is 0 Å². The van der Waals surface area contributed by atoms with E-state index in [1.54, 1.807) is 0 Å². The summed E-state index contributed by atoms with van der Waals surface area (Å²) in [6.07, 6.45) is 8.24. The Morgan fingerprint density at radius 1 is 1.31 bits per heavy atom. The lowest BCUT2D eigenvalue weighted by Crippen LogP contribution is -2.32. The van der Waals surface area contributed by atoms with Crippen molar-refractivity contribution in [2.24, 2.45) is 0 Å². The SMILES string of the molecule is C=C(Cl)CN(C)C1CCCCCC1. The standard InChI is InChI=1S/C11H20ClN/c1-10(12)9-13(2)11-7-5-3-4-6-8-11/h11H,1,3-9H2,2H3. The third kappa shape index (κ3) is 4.15. The molecule has 0 heterocycles. The van der Waals surface area contributed by atoms with Gasteiger partial charge in [0.1, 0.15) is 0 Å². The van der Waals surface area contributed by atoms with Crippen LogP contribution in [0.3, 0.4) is 0 Å². The van der Waals surface area contributed by atoms with Gasteiger partial charge in [-0.2, -0.15) is 0 Å². The lowest BCUT2D eigenvalue weighted by atomic mass is 10.1. The van der Waals surface area contributed by atoms with E-state index in [4.69, 9.17) is 11.6 Å². The Morgan fingerprint density at radius 2 is 1.85 bits per heavy atom. The number of likely N-dealkylation sites (N-methyl/N-ethyl adjacent to an activating group) is 1.